The summed E-state index contributed by atoms with van der Waals surface area (Å²) in [5, 5.41) is 17.8. The first kappa shape index (κ1) is 15.0. The summed E-state index contributed by atoms with van der Waals surface area (Å²) in [7, 11) is 3.34. The van der Waals surface area contributed by atoms with Crippen molar-refractivity contribution in [3.63, 3.8) is 0 Å². The standard InChI is InChI=1S/C11H15N7O2S/c1-6-12-7(15-14-6)4-8(19)13-11-17-16-9(21-11)5-10(20)18(2)3/h4-5H2,1-3H3,(H,12,14,15)(H,13,17,19). The number of carbonyl (C=O) groups is 2. The fourth-order valence-corrected chi connectivity index (χ4v) is 2.19. The van der Waals surface area contributed by atoms with E-state index in [1.807, 2.05) is 0 Å². The molecule has 0 aliphatic carbocycles. The van der Waals surface area contributed by atoms with Crippen molar-refractivity contribution >= 4 is 28.3 Å². The Hall–Kier alpha value is -2.36. The van der Waals surface area contributed by atoms with Crippen LogP contribution in [0.4, 0.5) is 5.13 Å². The van der Waals surface area contributed by atoms with Gasteiger partial charge in [0, 0.05) is 14.1 Å². The third kappa shape index (κ3) is 4.31. The molecular weight excluding hydrogens is 294 g/mol. The van der Waals surface area contributed by atoms with Gasteiger partial charge in [0.05, 0.1) is 12.8 Å². The van der Waals surface area contributed by atoms with Crippen molar-refractivity contribution in [1.82, 2.24) is 30.3 Å². The van der Waals surface area contributed by atoms with Gasteiger partial charge in [-0.3, -0.25) is 14.7 Å². The molecule has 2 N–H and O–H groups in total. The molecule has 2 amide bonds. The monoisotopic (exact) mass is 309 g/mol. The fraction of sp³-hybridized carbons (Fsp3) is 0.455. The van der Waals surface area contributed by atoms with E-state index in [2.05, 4.69) is 30.7 Å². The molecule has 0 radical (unpaired) electrons. The second-order valence-corrected chi connectivity index (χ2v) is 5.59. The van der Waals surface area contributed by atoms with Crippen molar-refractivity contribution in [1.29, 1.82) is 0 Å². The van der Waals surface area contributed by atoms with Crippen LogP contribution in [-0.4, -0.2) is 56.2 Å². The number of H-pyrrole nitrogens is 1. The minimum atomic E-state index is -0.282. The predicted octanol–water partition coefficient (Wildman–Crippen LogP) is -0.223. The molecule has 2 aromatic rings. The van der Waals surface area contributed by atoms with Gasteiger partial charge in [0.25, 0.3) is 0 Å². The molecule has 10 heteroatoms. The Morgan fingerprint density at radius 1 is 1.29 bits per heavy atom. The highest BCUT2D eigenvalue weighted by Crippen LogP contribution is 2.16. The van der Waals surface area contributed by atoms with Gasteiger partial charge in [0.1, 0.15) is 10.8 Å². The van der Waals surface area contributed by atoms with E-state index in [-0.39, 0.29) is 24.7 Å². The van der Waals surface area contributed by atoms with Crippen LogP contribution in [0.1, 0.15) is 16.7 Å². The molecule has 0 saturated carbocycles. The van der Waals surface area contributed by atoms with Crippen LogP contribution < -0.4 is 5.32 Å². The maximum absolute atomic E-state index is 11.8. The molecule has 0 bridgehead atoms. The molecule has 2 rings (SSSR count). The molecule has 0 unspecified atom stereocenters. The summed E-state index contributed by atoms with van der Waals surface area (Å²) < 4.78 is 0. The van der Waals surface area contributed by atoms with Crippen molar-refractivity contribution in [3.8, 4) is 0 Å². The lowest BCUT2D eigenvalue weighted by Crippen LogP contribution is -2.23. The van der Waals surface area contributed by atoms with Crippen LogP contribution in [0.5, 0.6) is 0 Å². The highest BCUT2D eigenvalue weighted by Gasteiger charge is 2.13. The normalized spacial score (nSPS) is 10.4. The summed E-state index contributed by atoms with van der Waals surface area (Å²) in [6.07, 6.45) is 0.219. The van der Waals surface area contributed by atoms with Gasteiger partial charge >= 0.3 is 0 Å². The van der Waals surface area contributed by atoms with Crippen molar-refractivity contribution in [2.45, 2.75) is 19.8 Å². The molecule has 2 aromatic heterocycles. The molecule has 112 valence electrons. The quantitative estimate of drug-likeness (QED) is 0.788. The third-order valence-electron chi connectivity index (χ3n) is 2.48. The lowest BCUT2D eigenvalue weighted by atomic mass is 10.4. The number of aryl methyl sites for hydroxylation is 1. The lowest BCUT2D eigenvalue weighted by Gasteiger charge is -2.07. The molecule has 0 saturated heterocycles. The molecule has 0 aromatic carbocycles. The van der Waals surface area contributed by atoms with Crippen LogP contribution in [0.3, 0.4) is 0 Å². The molecular formula is C11H15N7O2S. The zero-order chi connectivity index (χ0) is 15.4. The van der Waals surface area contributed by atoms with Gasteiger partial charge in [-0.1, -0.05) is 11.3 Å². The number of nitrogens with one attached hydrogen (secondary N) is 2. The molecule has 2 heterocycles. The van der Waals surface area contributed by atoms with E-state index in [9.17, 15) is 9.59 Å². The predicted molar refractivity (Wildman–Crippen MR) is 75.8 cm³/mol. The number of hydrogen-bond acceptors (Lipinski definition) is 7. The summed E-state index contributed by atoms with van der Waals surface area (Å²) in [6, 6.07) is 0. The van der Waals surface area contributed by atoms with Crippen molar-refractivity contribution in [2.24, 2.45) is 0 Å². The number of nitrogens with zero attached hydrogens (tertiary/aromatic N) is 5. The van der Waals surface area contributed by atoms with Gasteiger partial charge < -0.3 is 10.2 Å². The van der Waals surface area contributed by atoms with Gasteiger partial charge in [0.2, 0.25) is 16.9 Å². The Morgan fingerprint density at radius 3 is 2.67 bits per heavy atom. The summed E-state index contributed by atoms with van der Waals surface area (Å²) in [5.74, 6) is 0.714. The number of aromatic nitrogens is 5. The van der Waals surface area contributed by atoms with Gasteiger partial charge in [-0.2, -0.15) is 5.10 Å². The summed E-state index contributed by atoms with van der Waals surface area (Å²) >= 11 is 1.17. The Kier molecular flexibility index (Phi) is 4.58. The van der Waals surface area contributed by atoms with Gasteiger partial charge in [-0.25, -0.2) is 4.98 Å². The van der Waals surface area contributed by atoms with Crippen LogP contribution in [0.2, 0.25) is 0 Å². The number of hydrogen-bond donors (Lipinski definition) is 2. The smallest absolute Gasteiger partial charge is 0.233 e. The second kappa shape index (κ2) is 6.39. The SMILES string of the molecule is Cc1nc(CC(=O)Nc2nnc(CC(=O)N(C)C)s2)n[nH]1. The van der Waals surface area contributed by atoms with Crippen molar-refractivity contribution in [2.75, 3.05) is 19.4 Å². The second-order valence-electron chi connectivity index (χ2n) is 4.53. The van der Waals surface area contributed by atoms with Crippen molar-refractivity contribution < 1.29 is 9.59 Å². The zero-order valence-electron chi connectivity index (χ0n) is 11.9. The van der Waals surface area contributed by atoms with Crippen LogP contribution in [-0.2, 0) is 22.4 Å². The zero-order valence-corrected chi connectivity index (χ0v) is 12.7. The molecule has 21 heavy (non-hydrogen) atoms. The maximum atomic E-state index is 11.8. The molecule has 0 spiro atoms. The third-order valence-corrected chi connectivity index (χ3v) is 3.32. The van der Waals surface area contributed by atoms with Gasteiger partial charge in [0.15, 0.2) is 5.82 Å². The first-order valence-electron chi connectivity index (χ1n) is 6.14. The van der Waals surface area contributed by atoms with E-state index in [0.29, 0.717) is 21.8 Å². The summed E-state index contributed by atoms with van der Waals surface area (Å²) in [6.45, 7) is 1.76. The molecule has 0 aliphatic rings. The Bertz CT molecular complexity index is 649. The average molecular weight is 309 g/mol. The lowest BCUT2D eigenvalue weighted by molar-refractivity contribution is -0.128. The number of carbonyl (C=O) groups excluding carboxylic acids is 2. The number of amides is 2. The van der Waals surface area contributed by atoms with Crippen LogP contribution in [0, 0.1) is 6.92 Å². The van der Waals surface area contributed by atoms with Crippen molar-refractivity contribution in [3.05, 3.63) is 16.7 Å². The van der Waals surface area contributed by atoms with Gasteiger partial charge in [-0.05, 0) is 6.92 Å². The van der Waals surface area contributed by atoms with E-state index in [1.165, 1.54) is 16.2 Å². The number of rotatable bonds is 5. The summed E-state index contributed by atoms with van der Waals surface area (Å²) in [4.78, 5) is 28.9. The number of likely N-dealkylation sites (N-methyl/N-ethyl adjacent to an activating group) is 1. The minimum Gasteiger partial charge on any atom is -0.348 e. The number of anilines is 1. The van der Waals surface area contributed by atoms with E-state index in [4.69, 9.17) is 0 Å². The topological polar surface area (TPSA) is 117 Å². The Morgan fingerprint density at radius 2 is 2.05 bits per heavy atom. The number of aromatic amines is 1. The average Bonchev–Trinajstić information content (AvgIpc) is 2.99. The minimum absolute atomic E-state index is 0.0515. The highest BCUT2D eigenvalue weighted by molar-refractivity contribution is 7.15. The molecule has 0 aliphatic heterocycles. The Labute approximate surface area is 124 Å². The van der Waals surface area contributed by atoms with E-state index in [1.54, 1.807) is 21.0 Å². The van der Waals surface area contributed by atoms with E-state index >= 15 is 0 Å². The fourth-order valence-electron chi connectivity index (χ4n) is 1.44. The molecule has 0 atom stereocenters. The molecule has 9 nitrogen and oxygen atoms in total. The first-order chi connectivity index (χ1) is 9.94. The first-order valence-corrected chi connectivity index (χ1v) is 6.96. The van der Waals surface area contributed by atoms with E-state index in [0.717, 1.165) is 0 Å². The molecule has 0 fully saturated rings. The largest absolute Gasteiger partial charge is 0.348 e. The van der Waals surface area contributed by atoms with E-state index < -0.39 is 0 Å². The van der Waals surface area contributed by atoms with Crippen LogP contribution in [0.15, 0.2) is 0 Å². The van der Waals surface area contributed by atoms with Gasteiger partial charge in [-0.15, -0.1) is 10.2 Å². The van der Waals surface area contributed by atoms with Crippen LogP contribution >= 0.6 is 11.3 Å². The maximum Gasteiger partial charge on any atom is 0.233 e. The summed E-state index contributed by atoms with van der Waals surface area (Å²) in [5.41, 5.74) is 0. The van der Waals surface area contributed by atoms with Crippen LogP contribution in [0.25, 0.3) is 0 Å². The Balaban J connectivity index is 1.90. The highest BCUT2D eigenvalue weighted by atomic mass is 32.1.